The Labute approximate surface area is 172 Å². The van der Waals surface area contributed by atoms with E-state index in [4.69, 9.17) is 0 Å². The summed E-state index contributed by atoms with van der Waals surface area (Å²) in [6.07, 6.45) is 0. The summed E-state index contributed by atoms with van der Waals surface area (Å²) in [6.45, 7) is 5.38. The predicted octanol–water partition coefficient (Wildman–Crippen LogP) is 3.03. The highest BCUT2D eigenvalue weighted by molar-refractivity contribution is 6.45. The Morgan fingerprint density at radius 3 is 2.07 bits per heavy atom. The fourth-order valence-electron chi connectivity index (χ4n) is 3.86. The summed E-state index contributed by atoms with van der Waals surface area (Å²) in [6, 6.07) is 7.94. The van der Waals surface area contributed by atoms with Crippen molar-refractivity contribution in [2.24, 2.45) is 0 Å². The van der Waals surface area contributed by atoms with Gasteiger partial charge in [0.25, 0.3) is 11.8 Å². The molecule has 0 aliphatic carbocycles. The van der Waals surface area contributed by atoms with Crippen molar-refractivity contribution in [2.45, 2.75) is 6.92 Å². The molecule has 4 rings (SSSR count). The molecule has 2 aliphatic rings. The molecule has 2 aromatic rings. The van der Waals surface area contributed by atoms with Crippen LogP contribution in [0.5, 0.6) is 0 Å². The molecule has 0 saturated carbocycles. The number of benzene rings is 2. The lowest BCUT2D eigenvalue weighted by Crippen LogP contribution is -2.47. The second-order valence-electron chi connectivity index (χ2n) is 7.19. The van der Waals surface area contributed by atoms with Crippen LogP contribution in [0, 0.1) is 17.5 Å². The minimum atomic E-state index is -1.01. The van der Waals surface area contributed by atoms with Gasteiger partial charge in [-0.05, 0) is 36.4 Å². The van der Waals surface area contributed by atoms with Crippen LogP contribution in [0.25, 0.3) is 5.57 Å². The topological polar surface area (TPSA) is 43.9 Å². The van der Waals surface area contributed by atoms with Gasteiger partial charge in [-0.3, -0.25) is 9.59 Å². The summed E-state index contributed by atoms with van der Waals surface area (Å²) in [5, 5.41) is 0. The number of carbonyl (C=O) groups excluding carboxylic acids is 2. The fourth-order valence-corrected chi connectivity index (χ4v) is 3.86. The molecule has 0 bridgehead atoms. The Hall–Kier alpha value is -3.13. The summed E-state index contributed by atoms with van der Waals surface area (Å²) in [4.78, 5) is 31.3. The lowest BCUT2D eigenvalue weighted by atomic mass is 10.0. The summed E-state index contributed by atoms with van der Waals surface area (Å²) in [5.41, 5.74) is 0.306. The van der Waals surface area contributed by atoms with Gasteiger partial charge >= 0.3 is 0 Å². The van der Waals surface area contributed by atoms with Gasteiger partial charge in [0.1, 0.15) is 23.1 Å². The molecule has 156 valence electrons. The number of imide groups is 1. The van der Waals surface area contributed by atoms with Crippen LogP contribution in [0.4, 0.5) is 18.9 Å². The van der Waals surface area contributed by atoms with Crippen LogP contribution in [0.15, 0.2) is 48.2 Å². The number of likely N-dealkylation sites (N-methyl/N-ethyl adjacent to an activating group) is 1. The van der Waals surface area contributed by atoms with Crippen molar-refractivity contribution in [3.63, 3.8) is 0 Å². The Morgan fingerprint density at radius 1 is 0.833 bits per heavy atom. The Morgan fingerprint density at radius 2 is 1.47 bits per heavy atom. The third-order valence-corrected chi connectivity index (χ3v) is 5.48. The zero-order valence-electron chi connectivity index (χ0n) is 16.4. The number of halogens is 3. The minimum absolute atomic E-state index is 0.0914. The Kier molecular flexibility index (Phi) is 5.34. The van der Waals surface area contributed by atoms with E-state index in [1.54, 1.807) is 0 Å². The van der Waals surface area contributed by atoms with Crippen LogP contribution in [-0.4, -0.2) is 54.3 Å². The average Bonchev–Trinajstić information content (AvgIpc) is 2.99. The normalized spacial score (nSPS) is 18.0. The van der Waals surface area contributed by atoms with E-state index in [2.05, 4.69) is 4.90 Å². The minimum Gasteiger partial charge on any atom is -0.364 e. The molecule has 0 radical (unpaired) electrons. The summed E-state index contributed by atoms with van der Waals surface area (Å²) >= 11 is 0. The van der Waals surface area contributed by atoms with Gasteiger partial charge in [-0.2, -0.15) is 0 Å². The Balaban J connectivity index is 1.79. The van der Waals surface area contributed by atoms with E-state index in [1.165, 1.54) is 24.3 Å². The zero-order valence-corrected chi connectivity index (χ0v) is 16.4. The van der Waals surface area contributed by atoms with Crippen LogP contribution in [-0.2, 0) is 9.59 Å². The molecule has 0 aromatic heterocycles. The van der Waals surface area contributed by atoms with Gasteiger partial charge in [-0.15, -0.1) is 0 Å². The van der Waals surface area contributed by atoms with Crippen molar-refractivity contribution in [1.82, 2.24) is 9.80 Å². The lowest BCUT2D eigenvalue weighted by Gasteiger charge is -2.36. The van der Waals surface area contributed by atoms with E-state index in [9.17, 15) is 22.8 Å². The largest absolute Gasteiger partial charge is 0.364 e. The van der Waals surface area contributed by atoms with E-state index >= 15 is 0 Å². The predicted molar refractivity (Wildman–Crippen MR) is 106 cm³/mol. The van der Waals surface area contributed by atoms with Gasteiger partial charge < -0.3 is 9.80 Å². The molecule has 1 saturated heterocycles. The molecule has 1 fully saturated rings. The standard InChI is InChI=1S/C22H20F3N3O2/c1-2-26-9-11-27(12-10-26)20-19(14-3-5-15(23)6-4-14)21(29)28(22(20)30)18-8-7-16(24)13-17(18)25/h3-8,13H,2,9-12H2,1H3. The van der Waals surface area contributed by atoms with Gasteiger partial charge in [0.2, 0.25) is 0 Å². The fraction of sp³-hybridized carbons (Fsp3) is 0.273. The summed E-state index contributed by atoms with van der Waals surface area (Å²) in [5.74, 6) is -3.68. The molecule has 0 unspecified atom stereocenters. The first-order valence-corrected chi connectivity index (χ1v) is 9.72. The smallest absolute Gasteiger partial charge is 0.282 e. The number of anilines is 1. The molecular weight excluding hydrogens is 395 g/mol. The first kappa shape index (κ1) is 20.2. The van der Waals surface area contributed by atoms with Crippen LogP contribution >= 0.6 is 0 Å². The molecule has 0 N–H and O–H groups in total. The van der Waals surface area contributed by atoms with Crippen LogP contribution < -0.4 is 4.90 Å². The first-order valence-electron chi connectivity index (χ1n) is 9.72. The molecule has 5 nitrogen and oxygen atoms in total. The van der Waals surface area contributed by atoms with Crippen molar-refractivity contribution in [3.8, 4) is 0 Å². The summed E-state index contributed by atoms with van der Waals surface area (Å²) in [7, 11) is 0. The van der Waals surface area contributed by atoms with Crippen molar-refractivity contribution in [2.75, 3.05) is 37.6 Å². The zero-order chi connectivity index (χ0) is 21.4. The second kappa shape index (κ2) is 7.95. The van der Waals surface area contributed by atoms with Crippen molar-refractivity contribution in [1.29, 1.82) is 0 Å². The van der Waals surface area contributed by atoms with Gasteiger partial charge in [-0.25, -0.2) is 18.1 Å². The number of hydrogen-bond acceptors (Lipinski definition) is 4. The lowest BCUT2D eigenvalue weighted by molar-refractivity contribution is -0.120. The maximum atomic E-state index is 14.4. The van der Waals surface area contributed by atoms with Gasteiger partial charge in [0.15, 0.2) is 0 Å². The van der Waals surface area contributed by atoms with Gasteiger partial charge in [-0.1, -0.05) is 19.1 Å². The number of piperazine rings is 1. The highest BCUT2D eigenvalue weighted by atomic mass is 19.1. The van der Waals surface area contributed by atoms with Crippen molar-refractivity contribution >= 4 is 23.1 Å². The molecule has 2 amide bonds. The van der Waals surface area contributed by atoms with Crippen LogP contribution in [0.3, 0.4) is 0 Å². The molecule has 0 spiro atoms. The van der Waals surface area contributed by atoms with E-state index in [-0.39, 0.29) is 17.0 Å². The number of rotatable bonds is 4. The third-order valence-electron chi connectivity index (χ3n) is 5.48. The monoisotopic (exact) mass is 415 g/mol. The first-order chi connectivity index (χ1) is 14.4. The molecular formula is C22H20F3N3O2. The maximum absolute atomic E-state index is 14.4. The Bertz CT molecular complexity index is 1030. The molecule has 30 heavy (non-hydrogen) atoms. The maximum Gasteiger partial charge on any atom is 0.282 e. The van der Waals surface area contributed by atoms with E-state index < -0.39 is 29.3 Å². The van der Waals surface area contributed by atoms with E-state index in [0.29, 0.717) is 37.8 Å². The second-order valence-corrected chi connectivity index (χ2v) is 7.19. The number of amides is 2. The number of nitrogens with zero attached hydrogens (tertiary/aromatic N) is 3. The molecule has 8 heteroatoms. The van der Waals surface area contributed by atoms with Crippen molar-refractivity contribution in [3.05, 3.63) is 71.2 Å². The number of carbonyl (C=O) groups is 2. The van der Waals surface area contributed by atoms with Crippen LogP contribution in [0.1, 0.15) is 12.5 Å². The van der Waals surface area contributed by atoms with Gasteiger partial charge in [0, 0.05) is 32.2 Å². The third kappa shape index (κ3) is 3.47. The van der Waals surface area contributed by atoms with Crippen molar-refractivity contribution < 1.29 is 22.8 Å². The number of hydrogen-bond donors (Lipinski definition) is 0. The van der Waals surface area contributed by atoms with E-state index in [1.807, 2.05) is 11.8 Å². The molecule has 0 atom stereocenters. The average molecular weight is 415 g/mol. The molecule has 2 heterocycles. The summed E-state index contributed by atoms with van der Waals surface area (Å²) < 4.78 is 41.2. The quantitative estimate of drug-likeness (QED) is 0.721. The van der Waals surface area contributed by atoms with Crippen LogP contribution in [0.2, 0.25) is 0 Å². The highest BCUT2D eigenvalue weighted by Crippen LogP contribution is 2.36. The van der Waals surface area contributed by atoms with E-state index in [0.717, 1.165) is 23.6 Å². The van der Waals surface area contributed by atoms with Gasteiger partial charge in [0.05, 0.1) is 11.3 Å². The molecule has 2 aromatic carbocycles. The highest BCUT2D eigenvalue weighted by Gasteiger charge is 2.43. The SMILES string of the molecule is CCN1CCN(C2=C(c3ccc(F)cc3)C(=O)N(c3ccc(F)cc3F)C2=O)CC1. The molecule has 2 aliphatic heterocycles.